The van der Waals surface area contributed by atoms with E-state index in [1.807, 2.05) is 0 Å². The number of phosphoric acid groups is 2. The third-order valence-corrected chi connectivity index (χ3v) is 7.92. The van der Waals surface area contributed by atoms with E-state index in [0.717, 1.165) is 0 Å². The number of urea groups is 1. The number of rotatable bonds is 9. The first-order chi connectivity index (χ1) is 13.2. The first-order valence-corrected chi connectivity index (χ1v) is 12.7. The Morgan fingerprint density at radius 2 is 1.97 bits per heavy atom. The van der Waals surface area contributed by atoms with Crippen LogP contribution in [0.2, 0.25) is 0 Å². The summed E-state index contributed by atoms with van der Waals surface area (Å²) >= 11 is 0. The summed E-state index contributed by atoms with van der Waals surface area (Å²) < 4.78 is 39.6. The van der Waals surface area contributed by atoms with Crippen molar-refractivity contribution >= 4 is 35.8 Å². The van der Waals surface area contributed by atoms with Crippen molar-refractivity contribution in [1.82, 2.24) is 10.2 Å². The van der Waals surface area contributed by atoms with E-state index >= 15 is 0 Å². The fraction of sp³-hybridized carbons (Fsp3) is 0.636. The molecule has 0 aromatic rings. The van der Waals surface area contributed by atoms with E-state index in [0.29, 0.717) is 0 Å². The molecule has 6 N–H and O–H groups in total. The van der Waals surface area contributed by atoms with Gasteiger partial charge in [0, 0.05) is 0 Å². The molecule has 2 aliphatic rings. The van der Waals surface area contributed by atoms with Crippen molar-refractivity contribution in [3.05, 3.63) is 12.7 Å². The SMILES string of the molecule is C=C[C@H]1C[C@@H](CO[PH](O)(O)OP(=O)(O)OP(=O)(O)O)O[C@H]1N1CCC(=O)NC1=O. The van der Waals surface area contributed by atoms with Crippen LogP contribution < -0.4 is 5.32 Å². The van der Waals surface area contributed by atoms with Gasteiger partial charge in [-0.05, 0) is 0 Å². The number of ether oxygens (including phenoxy) is 1. The van der Waals surface area contributed by atoms with E-state index in [4.69, 9.17) is 19.4 Å². The molecule has 1 unspecified atom stereocenters. The van der Waals surface area contributed by atoms with Crippen LogP contribution in [0.3, 0.4) is 0 Å². The maximum atomic E-state index is 12.0. The van der Waals surface area contributed by atoms with Crippen molar-refractivity contribution < 1.29 is 61.1 Å². The van der Waals surface area contributed by atoms with Crippen LogP contribution in [0.5, 0.6) is 0 Å². The Morgan fingerprint density at radius 3 is 2.52 bits per heavy atom. The van der Waals surface area contributed by atoms with Gasteiger partial charge < -0.3 is 0 Å². The molecule has 0 spiro atoms. The zero-order chi connectivity index (χ0) is 22.0. The molecule has 2 saturated heterocycles. The molecule has 2 aliphatic heterocycles. The number of amides is 3. The molecule has 15 nitrogen and oxygen atoms in total. The number of imide groups is 1. The summed E-state index contributed by atoms with van der Waals surface area (Å²) in [6.07, 6.45) is 0.142. The molecule has 2 rings (SSSR count). The van der Waals surface area contributed by atoms with Gasteiger partial charge in [-0.25, -0.2) is 0 Å². The van der Waals surface area contributed by atoms with Gasteiger partial charge in [0.1, 0.15) is 0 Å². The Morgan fingerprint density at radius 1 is 1.31 bits per heavy atom. The number of hydrogen-bond donors (Lipinski definition) is 6. The minimum atomic E-state index is -5.54. The van der Waals surface area contributed by atoms with Gasteiger partial charge in [-0.3, -0.25) is 0 Å². The predicted molar refractivity (Wildman–Crippen MR) is 94.6 cm³/mol. The molecular weight excluding hydrogens is 461 g/mol. The van der Waals surface area contributed by atoms with Crippen LogP contribution in [-0.4, -0.2) is 66.8 Å². The van der Waals surface area contributed by atoms with Crippen LogP contribution in [0.4, 0.5) is 4.79 Å². The Bertz CT molecular complexity index is 754. The maximum absolute atomic E-state index is 12.0. The van der Waals surface area contributed by atoms with Gasteiger partial charge >= 0.3 is 164 Å². The first kappa shape index (κ1) is 24.5. The third kappa shape index (κ3) is 7.44. The van der Waals surface area contributed by atoms with Gasteiger partial charge in [-0.1, -0.05) is 0 Å². The molecule has 0 aromatic carbocycles. The van der Waals surface area contributed by atoms with Gasteiger partial charge in [-0.15, -0.1) is 0 Å². The number of carbonyl (C=O) groups excluding carboxylic acids is 2. The Labute approximate surface area is 164 Å². The first-order valence-electron chi connectivity index (χ1n) is 7.99. The van der Waals surface area contributed by atoms with Gasteiger partial charge in [-0.2, -0.15) is 0 Å². The fourth-order valence-electron chi connectivity index (χ4n) is 2.75. The molecular formula is C11H21N2O13P3. The summed E-state index contributed by atoms with van der Waals surface area (Å²) in [6, 6.07) is -0.660. The molecule has 0 aliphatic carbocycles. The molecule has 18 heteroatoms. The van der Waals surface area contributed by atoms with Crippen molar-refractivity contribution in [3.8, 4) is 0 Å². The van der Waals surface area contributed by atoms with Crippen LogP contribution in [0, 0.1) is 5.92 Å². The van der Waals surface area contributed by atoms with Crippen LogP contribution in [0.1, 0.15) is 12.8 Å². The molecule has 0 saturated carbocycles. The molecule has 0 bridgehead atoms. The van der Waals surface area contributed by atoms with E-state index in [1.165, 1.54) is 11.0 Å². The van der Waals surface area contributed by atoms with Gasteiger partial charge in [0.15, 0.2) is 0 Å². The summed E-state index contributed by atoms with van der Waals surface area (Å²) in [5.74, 6) is -0.822. The Kier molecular flexibility index (Phi) is 7.72. The van der Waals surface area contributed by atoms with Gasteiger partial charge in [0.05, 0.1) is 0 Å². The summed E-state index contributed by atoms with van der Waals surface area (Å²) in [4.78, 5) is 69.9. The molecule has 168 valence electrons. The van der Waals surface area contributed by atoms with Crippen LogP contribution in [0.15, 0.2) is 12.7 Å². The number of nitrogens with zero attached hydrogens (tertiary/aromatic N) is 1. The summed E-state index contributed by atoms with van der Waals surface area (Å²) in [7, 11) is -16.3. The van der Waals surface area contributed by atoms with Crippen molar-refractivity contribution in [2.45, 2.75) is 25.2 Å². The number of hydrogen-bond acceptors (Lipinski definition) is 10. The van der Waals surface area contributed by atoms with Gasteiger partial charge in [0.25, 0.3) is 0 Å². The Hall–Kier alpha value is -0.790. The molecule has 4 atom stereocenters. The molecule has 29 heavy (non-hydrogen) atoms. The average Bonchev–Trinajstić information content (AvgIpc) is 2.92. The summed E-state index contributed by atoms with van der Waals surface area (Å²) in [5.41, 5.74) is 0. The monoisotopic (exact) mass is 482 g/mol. The zero-order valence-electron chi connectivity index (χ0n) is 14.7. The minimum absolute atomic E-state index is 0.0686. The number of nitrogens with one attached hydrogen (secondary N) is 1. The van der Waals surface area contributed by atoms with Crippen molar-refractivity contribution in [2.75, 3.05) is 13.2 Å². The van der Waals surface area contributed by atoms with E-state index in [9.17, 15) is 28.5 Å². The van der Waals surface area contributed by atoms with Crippen molar-refractivity contribution in [1.29, 1.82) is 0 Å². The van der Waals surface area contributed by atoms with E-state index < -0.39 is 54.7 Å². The van der Waals surface area contributed by atoms with E-state index in [2.05, 4.69) is 25.0 Å². The second-order valence-corrected chi connectivity index (χ2v) is 10.8. The van der Waals surface area contributed by atoms with Crippen LogP contribution in [0.25, 0.3) is 0 Å². The molecule has 3 amide bonds. The quantitative estimate of drug-likeness (QED) is 0.180. The molecule has 0 radical (unpaired) electrons. The molecule has 0 aromatic heterocycles. The normalized spacial score (nSPS) is 28.7. The molecule has 2 fully saturated rings. The molecule has 2 heterocycles. The second-order valence-electron chi connectivity index (χ2n) is 6.07. The van der Waals surface area contributed by atoms with E-state index in [1.54, 1.807) is 0 Å². The van der Waals surface area contributed by atoms with E-state index in [-0.39, 0.29) is 25.3 Å². The van der Waals surface area contributed by atoms with Gasteiger partial charge in [0.2, 0.25) is 0 Å². The summed E-state index contributed by atoms with van der Waals surface area (Å²) in [6.45, 7) is 3.17. The number of carbonyl (C=O) groups is 2. The predicted octanol–water partition coefficient (Wildman–Crippen LogP) is -0.517. The van der Waals surface area contributed by atoms with Crippen LogP contribution >= 0.6 is 23.8 Å². The zero-order valence-corrected chi connectivity index (χ0v) is 17.5. The standard InChI is InChI=1S/C11H21N2O13P3/c1-2-7-5-8(24-10(7)13-4-3-9(14)12-11(13)15)6-23-28(19,20)26-29(21,22)25-27(16,17)18/h2,7-8,10,19-20,28H,1,3-6H2,(H,21,22)(H,12,14,15)(H2,16,17,18)/t7-,8-,10+/m0/s1. The topological polar surface area (TPSA) is 222 Å². The third-order valence-electron chi connectivity index (χ3n) is 3.83. The Balaban J connectivity index is 1.94. The fourth-order valence-corrected chi connectivity index (χ4v) is 6.07. The summed E-state index contributed by atoms with van der Waals surface area (Å²) in [5, 5.41) is 2.14. The average molecular weight is 482 g/mol. The second kappa shape index (κ2) is 9.15. The van der Waals surface area contributed by atoms with Crippen LogP contribution in [-0.2, 0) is 31.8 Å². The van der Waals surface area contributed by atoms with Crippen molar-refractivity contribution in [3.63, 3.8) is 0 Å². The van der Waals surface area contributed by atoms with Crippen molar-refractivity contribution in [2.24, 2.45) is 5.92 Å².